The molecule has 156 valence electrons. The summed E-state index contributed by atoms with van der Waals surface area (Å²) in [7, 11) is 2.16. The van der Waals surface area contributed by atoms with Gasteiger partial charge < -0.3 is 15.9 Å². The van der Waals surface area contributed by atoms with E-state index in [4.69, 9.17) is 5.73 Å². The zero-order chi connectivity index (χ0) is 22.2. The van der Waals surface area contributed by atoms with Gasteiger partial charge in [0.15, 0.2) is 0 Å². The van der Waals surface area contributed by atoms with Crippen molar-refractivity contribution in [3.8, 4) is 11.5 Å². The number of allylic oxidation sites excluding steroid dienone is 1. The fraction of sp³-hybridized carbons (Fsp3) is 0.115. The lowest BCUT2D eigenvalue weighted by Gasteiger charge is -2.33. The van der Waals surface area contributed by atoms with Crippen molar-refractivity contribution in [2.75, 3.05) is 7.05 Å². The maximum Gasteiger partial charge on any atom is 0.241 e. The van der Waals surface area contributed by atoms with E-state index in [-0.39, 0.29) is 11.5 Å². The summed E-state index contributed by atoms with van der Waals surface area (Å²) >= 11 is 0. The molecule has 3 aromatic rings. The monoisotopic (exact) mass is 413 g/mol. The number of nitrogens with two attached hydrogens (primary N) is 1. The number of aromatic hydroxyl groups is 2. The Bertz CT molecular complexity index is 1210. The summed E-state index contributed by atoms with van der Waals surface area (Å²) in [5.74, 6) is -0.00983. The van der Waals surface area contributed by atoms with Crippen LogP contribution < -0.4 is 10.2 Å². The van der Waals surface area contributed by atoms with E-state index in [0.29, 0.717) is 11.0 Å². The molecule has 5 nitrogen and oxygen atoms in total. The number of carbonyl (C=O) groups is 1. The predicted molar refractivity (Wildman–Crippen MR) is 125 cm³/mol. The Labute approximate surface area is 181 Å². The molecule has 4 rings (SSSR count). The van der Waals surface area contributed by atoms with Gasteiger partial charge in [0.05, 0.1) is 7.05 Å². The third-order valence-electron chi connectivity index (χ3n) is 5.82. The van der Waals surface area contributed by atoms with Crippen LogP contribution in [0.2, 0.25) is 0 Å². The smallest absolute Gasteiger partial charge is 0.241 e. The molecule has 3 aromatic carbocycles. The molecule has 0 fully saturated rings. The van der Waals surface area contributed by atoms with Crippen molar-refractivity contribution in [1.29, 1.82) is 0 Å². The number of benzene rings is 3. The molecule has 0 spiro atoms. The highest BCUT2D eigenvalue weighted by atomic mass is 16.3. The van der Waals surface area contributed by atoms with E-state index in [2.05, 4.69) is 14.0 Å². The number of hydrogen-bond acceptors (Lipinski definition) is 3. The minimum Gasteiger partial charge on any atom is -0.508 e. The van der Waals surface area contributed by atoms with Crippen LogP contribution in [0.25, 0.3) is 17.3 Å². The number of quaternary nitrogens is 1. The summed E-state index contributed by atoms with van der Waals surface area (Å²) in [6.45, 7) is 2.77. The van der Waals surface area contributed by atoms with Crippen LogP contribution in [0, 0.1) is 0 Å². The quantitative estimate of drug-likeness (QED) is 0.421. The van der Waals surface area contributed by atoms with Gasteiger partial charge in [0, 0.05) is 34.4 Å². The van der Waals surface area contributed by atoms with Crippen LogP contribution in [0.4, 0.5) is 5.69 Å². The topological polar surface area (TPSA) is 83.5 Å². The lowest BCUT2D eigenvalue weighted by Crippen LogP contribution is -2.40. The molecule has 0 aliphatic carbocycles. The molecule has 4 N–H and O–H groups in total. The first-order valence-electron chi connectivity index (χ1n) is 10.0. The zero-order valence-electron chi connectivity index (χ0n) is 17.5. The van der Waals surface area contributed by atoms with E-state index < -0.39 is 5.91 Å². The van der Waals surface area contributed by atoms with Gasteiger partial charge in [0.2, 0.25) is 5.91 Å². The van der Waals surface area contributed by atoms with Crippen molar-refractivity contribution >= 4 is 28.9 Å². The van der Waals surface area contributed by atoms with Gasteiger partial charge in [-0.15, -0.1) is 0 Å². The number of amides is 1. The first-order valence-corrected chi connectivity index (χ1v) is 10.0. The maximum absolute atomic E-state index is 11.0. The molecule has 1 heterocycles. The molecule has 1 atom stereocenters. The molecule has 1 aliphatic rings. The van der Waals surface area contributed by atoms with Crippen molar-refractivity contribution in [2.45, 2.75) is 13.5 Å². The second-order valence-corrected chi connectivity index (χ2v) is 8.05. The largest absolute Gasteiger partial charge is 0.508 e. The van der Waals surface area contributed by atoms with Crippen LogP contribution in [-0.4, -0.2) is 23.2 Å². The second kappa shape index (κ2) is 7.78. The number of hydrogen-bond donors (Lipinski definition) is 3. The predicted octanol–water partition coefficient (Wildman–Crippen LogP) is 4.64. The SMILES string of the molecule is CC1=C(c2ccc(O)cc2)[N+](C)(Cc2ccc(C=CC(N)=O)cc2)c2ccc(O)cc21. The Morgan fingerprint density at radius 2 is 1.61 bits per heavy atom. The normalized spacial score (nSPS) is 17.9. The molecule has 1 amide bonds. The standard InChI is InChI=1S/C26H24N2O3/c1-17-23-15-22(30)12-13-24(23)28(2,26(17)20-8-10-21(29)11-9-20)16-19-5-3-18(4-6-19)7-14-25(27)31/h3-15H,16H2,1-2H3,(H3-,27,29,30,31)/p+1. The van der Waals surface area contributed by atoms with Crippen molar-refractivity contribution in [2.24, 2.45) is 5.73 Å². The van der Waals surface area contributed by atoms with Crippen LogP contribution in [0.1, 0.15) is 29.2 Å². The lowest BCUT2D eigenvalue weighted by atomic mass is 10.0. The fourth-order valence-electron chi connectivity index (χ4n) is 4.44. The van der Waals surface area contributed by atoms with Gasteiger partial charge in [-0.05, 0) is 55.0 Å². The molecule has 0 aromatic heterocycles. The van der Waals surface area contributed by atoms with Gasteiger partial charge in [-0.1, -0.05) is 24.3 Å². The van der Waals surface area contributed by atoms with E-state index >= 15 is 0 Å². The van der Waals surface area contributed by atoms with E-state index in [1.54, 1.807) is 24.3 Å². The molecule has 0 saturated heterocycles. The summed E-state index contributed by atoms with van der Waals surface area (Å²) in [5, 5.41) is 19.8. The van der Waals surface area contributed by atoms with Gasteiger partial charge in [0.25, 0.3) is 0 Å². The highest BCUT2D eigenvalue weighted by Crippen LogP contribution is 2.50. The van der Waals surface area contributed by atoms with Crippen molar-refractivity contribution in [3.63, 3.8) is 0 Å². The third kappa shape index (κ3) is 3.83. The average Bonchev–Trinajstić information content (AvgIpc) is 2.94. The van der Waals surface area contributed by atoms with Gasteiger partial charge >= 0.3 is 0 Å². The van der Waals surface area contributed by atoms with Gasteiger partial charge in [-0.3, -0.25) is 9.28 Å². The number of primary amides is 1. The first-order chi connectivity index (χ1) is 14.8. The van der Waals surface area contributed by atoms with E-state index in [0.717, 1.165) is 39.2 Å². The average molecular weight is 413 g/mol. The van der Waals surface area contributed by atoms with Crippen molar-refractivity contribution < 1.29 is 15.0 Å². The van der Waals surface area contributed by atoms with Gasteiger partial charge in [-0.25, -0.2) is 0 Å². The van der Waals surface area contributed by atoms with Crippen LogP contribution in [0.5, 0.6) is 11.5 Å². The molecule has 1 aliphatic heterocycles. The minimum absolute atomic E-state index is 0.226. The third-order valence-corrected chi connectivity index (χ3v) is 5.82. The Morgan fingerprint density at radius 3 is 2.26 bits per heavy atom. The summed E-state index contributed by atoms with van der Waals surface area (Å²) in [4.78, 5) is 11.0. The van der Waals surface area contributed by atoms with Gasteiger partial charge in [-0.2, -0.15) is 0 Å². The zero-order valence-corrected chi connectivity index (χ0v) is 17.5. The highest BCUT2D eigenvalue weighted by Gasteiger charge is 2.42. The molecule has 0 saturated carbocycles. The fourth-order valence-corrected chi connectivity index (χ4v) is 4.44. The van der Waals surface area contributed by atoms with E-state index in [9.17, 15) is 15.0 Å². The molecule has 1 unspecified atom stereocenters. The maximum atomic E-state index is 11.0. The summed E-state index contributed by atoms with van der Waals surface area (Å²) in [6.07, 6.45) is 3.04. The van der Waals surface area contributed by atoms with E-state index in [1.165, 1.54) is 6.08 Å². The summed E-state index contributed by atoms with van der Waals surface area (Å²) in [6, 6.07) is 20.8. The van der Waals surface area contributed by atoms with E-state index in [1.807, 2.05) is 48.5 Å². The number of phenols is 2. The minimum atomic E-state index is -0.474. The number of phenolic OH excluding ortho intramolecular Hbond substituents is 2. The molecular weight excluding hydrogens is 388 g/mol. The van der Waals surface area contributed by atoms with Crippen molar-refractivity contribution in [3.05, 3.63) is 95.1 Å². The first kappa shape index (κ1) is 20.4. The van der Waals surface area contributed by atoms with Crippen LogP contribution >= 0.6 is 0 Å². The number of carbonyl (C=O) groups excluding carboxylic acids is 1. The van der Waals surface area contributed by atoms with Crippen molar-refractivity contribution in [1.82, 2.24) is 4.48 Å². The summed E-state index contributed by atoms with van der Waals surface area (Å²) in [5.41, 5.74) is 12.6. The second-order valence-electron chi connectivity index (χ2n) is 8.05. The van der Waals surface area contributed by atoms with Crippen LogP contribution in [0.15, 0.2) is 72.8 Å². The Kier molecular flexibility index (Phi) is 5.13. The Hall–Kier alpha value is -3.83. The molecule has 0 bridgehead atoms. The number of nitrogens with zero attached hydrogens (tertiary/aromatic N) is 1. The molecular formula is C26H25N2O3+. The number of rotatable bonds is 5. The molecule has 0 radical (unpaired) electrons. The highest BCUT2D eigenvalue weighted by molar-refractivity contribution is 6.02. The van der Waals surface area contributed by atoms with Crippen LogP contribution in [0.3, 0.4) is 0 Å². The molecule has 31 heavy (non-hydrogen) atoms. The Balaban J connectivity index is 1.78. The lowest BCUT2D eigenvalue weighted by molar-refractivity contribution is -0.113. The number of fused-ring (bicyclic) bond motifs is 1. The van der Waals surface area contributed by atoms with Gasteiger partial charge in [0.1, 0.15) is 29.4 Å². The molecule has 5 heteroatoms. The van der Waals surface area contributed by atoms with Crippen LogP contribution in [-0.2, 0) is 11.3 Å². The Morgan fingerprint density at radius 1 is 0.968 bits per heavy atom. The summed E-state index contributed by atoms with van der Waals surface area (Å²) < 4.78 is 0.530.